The van der Waals surface area contributed by atoms with Crippen LogP contribution >= 0.6 is 0 Å². The molecule has 0 aliphatic heterocycles. The van der Waals surface area contributed by atoms with Crippen LogP contribution in [0.2, 0.25) is 0 Å². The molecule has 100 valence electrons. The fraction of sp³-hybridized carbons (Fsp3) is 0.143. The van der Waals surface area contributed by atoms with Crippen LogP contribution in [0.3, 0.4) is 0 Å². The Morgan fingerprint density at radius 3 is 2.90 bits per heavy atom. The van der Waals surface area contributed by atoms with Crippen molar-refractivity contribution in [3.8, 4) is 0 Å². The average Bonchev–Trinajstić information content (AvgIpc) is 2.92. The molecule has 0 aromatic carbocycles. The number of rotatable bonds is 3. The molecule has 1 N–H and O–H groups in total. The van der Waals surface area contributed by atoms with Crippen molar-refractivity contribution in [3.05, 3.63) is 60.3 Å². The zero-order chi connectivity index (χ0) is 13.9. The molecular weight excluding hydrogens is 254 g/mol. The molecular formula is C14H13N5O. The molecule has 0 aliphatic rings. The van der Waals surface area contributed by atoms with E-state index in [1.165, 1.54) is 6.20 Å². The Morgan fingerprint density at radius 1 is 1.25 bits per heavy atom. The molecule has 0 aliphatic carbocycles. The molecule has 0 bridgehead atoms. The first-order valence-corrected chi connectivity index (χ1v) is 6.26. The minimum Gasteiger partial charge on any atom is -0.344 e. The molecule has 3 heterocycles. The van der Waals surface area contributed by atoms with E-state index >= 15 is 0 Å². The van der Waals surface area contributed by atoms with Crippen molar-refractivity contribution in [2.45, 2.75) is 13.0 Å². The number of amides is 1. The van der Waals surface area contributed by atoms with Gasteiger partial charge in [0.15, 0.2) is 5.65 Å². The number of carbonyl (C=O) groups excluding carboxylic acids is 1. The summed E-state index contributed by atoms with van der Waals surface area (Å²) in [5, 5.41) is 6.99. The van der Waals surface area contributed by atoms with Gasteiger partial charge in [0.2, 0.25) is 0 Å². The van der Waals surface area contributed by atoms with Gasteiger partial charge in [-0.1, -0.05) is 6.07 Å². The largest absolute Gasteiger partial charge is 0.344 e. The molecule has 6 heteroatoms. The fourth-order valence-electron chi connectivity index (χ4n) is 1.97. The highest BCUT2D eigenvalue weighted by Gasteiger charge is 2.16. The number of fused-ring (bicyclic) bond motifs is 1. The Kier molecular flexibility index (Phi) is 3.12. The standard InChI is InChI=1S/C14H13N5O/c1-10(12-5-2-3-6-15-12)18-14(20)11-9-17-19-8-4-7-16-13(11)19/h2-10H,1H3,(H,18,20)/t10-/m0/s1. The van der Waals surface area contributed by atoms with E-state index in [2.05, 4.69) is 20.4 Å². The smallest absolute Gasteiger partial charge is 0.257 e. The molecule has 3 aromatic rings. The quantitative estimate of drug-likeness (QED) is 0.782. The molecule has 6 nitrogen and oxygen atoms in total. The van der Waals surface area contributed by atoms with Gasteiger partial charge in [0.05, 0.1) is 17.9 Å². The molecule has 0 saturated heterocycles. The van der Waals surface area contributed by atoms with Gasteiger partial charge in [-0.2, -0.15) is 5.10 Å². The van der Waals surface area contributed by atoms with Gasteiger partial charge in [0.1, 0.15) is 5.56 Å². The summed E-state index contributed by atoms with van der Waals surface area (Å²) in [5.41, 5.74) is 1.80. The third kappa shape index (κ3) is 2.23. The van der Waals surface area contributed by atoms with Crippen molar-refractivity contribution in [3.63, 3.8) is 0 Å². The molecule has 0 spiro atoms. The Bertz CT molecular complexity index is 737. The number of hydrogen-bond acceptors (Lipinski definition) is 4. The molecule has 1 amide bonds. The summed E-state index contributed by atoms with van der Waals surface area (Å²) < 4.78 is 1.57. The lowest BCUT2D eigenvalue weighted by Crippen LogP contribution is -2.27. The third-order valence-electron chi connectivity index (χ3n) is 3.00. The Morgan fingerprint density at radius 2 is 2.10 bits per heavy atom. The lowest BCUT2D eigenvalue weighted by Gasteiger charge is -2.12. The van der Waals surface area contributed by atoms with Crippen LogP contribution in [0.15, 0.2) is 49.1 Å². The van der Waals surface area contributed by atoms with E-state index < -0.39 is 0 Å². The summed E-state index contributed by atoms with van der Waals surface area (Å²) in [4.78, 5) is 20.7. The molecule has 1 atom stereocenters. The summed E-state index contributed by atoms with van der Waals surface area (Å²) in [5.74, 6) is -0.211. The summed E-state index contributed by atoms with van der Waals surface area (Å²) in [6.07, 6.45) is 6.61. The summed E-state index contributed by atoms with van der Waals surface area (Å²) >= 11 is 0. The Labute approximate surface area is 115 Å². The van der Waals surface area contributed by atoms with Gasteiger partial charge in [-0.15, -0.1) is 0 Å². The maximum Gasteiger partial charge on any atom is 0.257 e. The maximum absolute atomic E-state index is 12.3. The second-order valence-corrected chi connectivity index (χ2v) is 4.40. The number of nitrogens with zero attached hydrogens (tertiary/aromatic N) is 4. The zero-order valence-corrected chi connectivity index (χ0v) is 10.9. The van der Waals surface area contributed by atoms with Crippen molar-refractivity contribution >= 4 is 11.6 Å². The molecule has 20 heavy (non-hydrogen) atoms. The van der Waals surface area contributed by atoms with Crippen LogP contribution in [-0.2, 0) is 0 Å². The van der Waals surface area contributed by atoms with Crippen LogP contribution in [0.4, 0.5) is 0 Å². The number of nitrogens with one attached hydrogen (secondary N) is 1. The predicted octanol–water partition coefficient (Wildman–Crippen LogP) is 1.62. The number of pyridine rings is 1. The SMILES string of the molecule is C[C@H](NC(=O)c1cnn2cccnc12)c1ccccn1. The van der Waals surface area contributed by atoms with E-state index in [0.29, 0.717) is 11.2 Å². The van der Waals surface area contributed by atoms with Crippen LogP contribution in [-0.4, -0.2) is 25.5 Å². The lowest BCUT2D eigenvalue weighted by atomic mass is 10.2. The van der Waals surface area contributed by atoms with E-state index in [-0.39, 0.29) is 11.9 Å². The molecule has 0 saturated carbocycles. The van der Waals surface area contributed by atoms with E-state index in [1.807, 2.05) is 25.1 Å². The minimum atomic E-state index is -0.211. The summed E-state index contributed by atoms with van der Waals surface area (Å²) in [7, 11) is 0. The van der Waals surface area contributed by atoms with Gasteiger partial charge in [0, 0.05) is 18.6 Å². The summed E-state index contributed by atoms with van der Waals surface area (Å²) in [6, 6.07) is 7.19. The van der Waals surface area contributed by atoms with Gasteiger partial charge >= 0.3 is 0 Å². The van der Waals surface area contributed by atoms with Crippen LogP contribution in [0, 0.1) is 0 Å². The van der Waals surface area contributed by atoms with Gasteiger partial charge < -0.3 is 5.32 Å². The molecule has 3 rings (SSSR count). The van der Waals surface area contributed by atoms with Crippen LogP contribution in [0.5, 0.6) is 0 Å². The van der Waals surface area contributed by atoms with Crippen LogP contribution < -0.4 is 5.32 Å². The van der Waals surface area contributed by atoms with Gasteiger partial charge in [-0.25, -0.2) is 9.50 Å². The second kappa shape index (κ2) is 5.08. The van der Waals surface area contributed by atoms with E-state index in [1.54, 1.807) is 29.2 Å². The van der Waals surface area contributed by atoms with Gasteiger partial charge in [-0.05, 0) is 25.1 Å². The van der Waals surface area contributed by atoms with Gasteiger partial charge in [0.25, 0.3) is 5.91 Å². The first-order valence-electron chi connectivity index (χ1n) is 6.26. The van der Waals surface area contributed by atoms with E-state index in [0.717, 1.165) is 5.69 Å². The monoisotopic (exact) mass is 267 g/mol. The van der Waals surface area contributed by atoms with Crippen molar-refractivity contribution in [1.82, 2.24) is 24.9 Å². The highest BCUT2D eigenvalue weighted by atomic mass is 16.1. The van der Waals surface area contributed by atoms with Crippen LogP contribution in [0.1, 0.15) is 29.0 Å². The highest BCUT2D eigenvalue weighted by Crippen LogP contribution is 2.12. The van der Waals surface area contributed by atoms with E-state index in [4.69, 9.17) is 0 Å². The van der Waals surface area contributed by atoms with Crippen molar-refractivity contribution < 1.29 is 4.79 Å². The lowest BCUT2D eigenvalue weighted by molar-refractivity contribution is 0.0940. The van der Waals surface area contributed by atoms with Gasteiger partial charge in [-0.3, -0.25) is 9.78 Å². The topological polar surface area (TPSA) is 72.2 Å². The van der Waals surface area contributed by atoms with Crippen molar-refractivity contribution in [1.29, 1.82) is 0 Å². The van der Waals surface area contributed by atoms with Crippen LogP contribution in [0.25, 0.3) is 5.65 Å². The molecule has 3 aromatic heterocycles. The molecule has 0 radical (unpaired) electrons. The number of hydrogen-bond donors (Lipinski definition) is 1. The first kappa shape index (κ1) is 12.3. The fourth-order valence-corrected chi connectivity index (χ4v) is 1.97. The number of aromatic nitrogens is 4. The first-order chi connectivity index (χ1) is 9.75. The zero-order valence-electron chi connectivity index (χ0n) is 10.9. The Hall–Kier alpha value is -2.76. The van der Waals surface area contributed by atoms with E-state index in [9.17, 15) is 4.79 Å². The molecule has 0 unspecified atom stereocenters. The minimum absolute atomic E-state index is 0.178. The predicted molar refractivity (Wildman–Crippen MR) is 73.1 cm³/mol. The Balaban J connectivity index is 1.83. The van der Waals surface area contributed by atoms with Crippen molar-refractivity contribution in [2.24, 2.45) is 0 Å². The third-order valence-corrected chi connectivity index (χ3v) is 3.00. The highest BCUT2D eigenvalue weighted by molar-refractivity contribution is 5.99. The summed E-state index contributed by atoms with van der Waals surface area (Å²) in [6.45, 7) is 1.89. The molecule has 0 fully saturated rings. The maximum atomic E-state index is 12.3. The average molecular weight is 267 g/mol. The van der Waals surface area contributed by atoms with Crippen molar-refractivity contribution in [2.75, 3.05) is 0 Å². The second-order valence-electron chi connectivity index (χ2n) is 4.40. The number of carbonyl (C=O) groups is 1. The normalized spacial score (nSPS) is 12.2.